The Morgan fingerprint density at radius 2 is 1.60 bits per heavy atom. The first-order valence-electron chi connectivity index (χ1n) is 7.92. The van der Waals surface area contributed by atoms with Gasteiger partial charge in [0, 0.05) is 6.42 Å². The Kier molecular flexibility index (Phi) is 4.46. The number of hydrogen-bond donors (Lipinski definition) is 1. The van der Waals surface area contributed by atoms with Crippen LogP contribution in [0.25, 0.3) is 0 Å². The normalized spacial score (nSPS) is 21.9. The molecule has 1 aliphatic heterocycles. The lowest BCUT2D eigenvalue weighted by Crippen LogP contribution is -2.12. The molecule has 0 aromatic heterocycles. The van der Waals surface area contributed by atoms with E-state index in [0.717, 1.165) is 36.3 Å². The van der Waals surface area contributed by atoms with E-state index in [9.17, 15) is 5.11 Å². The van der Waals surface area contributed by atoms with Crippen LogP contribution in [0.15, 0.2) is 18.2 Å². The van der Waals surface area contributed by atoms with Gasteiger partial charge >= 0.3 is 0 Å². The highest BCUT2D eigenvalue weighted by molar-refractivity contribution is 5.44. The van der Waals surface area contributed by atoms with Crippen molar-refractivity contribution in [2.45, 2.75) is 51.0 Å². The average Bonchev–Trinajstić information content (AvgIpc) is 2.88. The van der Waals surface area contributed by atoms with Gasteiger partial charge in [-0.15, -0.1) is 0 Å². The molecule has 20 heavy (non-hydrogen) atoms. The van der Waals surface area contributed by atoms with E-state index in [-0.39, 0.29) is 6.10 Å². The summed E-state index contributed by atoms with van der Waals surface area (Å²) in [7, 11) is 0. The zero-order valence-corrected chi connectivity index (χ0v) is 12.0. The van der Waals surface area contributed by atoms with Crippen LogP contribution in [0.3, 0.4) is 0 Å². The molecule has 0 radical (unpaired) electrons. The van der Waals surface area contributed by atoms with Gasteiger partial charge in [0.25, 0.3) is 0 Å². The molecule has 1 aliphatic carbocycles. The molecule has 1 aromatic rings. The molecule has 1 heterocycles. The van der Waals surface area contributed by atoms with Gasteiger partial charge in [-0.3, -0.25) is 0 Å². The van der Waals surface area contributed by atoms with Crippen molar-refractivity contribution in [2.24, 2.45) is 5.92 Å². The first-order chi connectivity index (χ1) is 9.84. The summed E-state index contributed by atoms with van der Waals surface area (Å²) in [4.78, 5) is 0. The summed E-state index contributed by atoms with van der Waals surface area (Å²) >= 11 is 0. The molecule has 1 atom stereocenters. The monoisotopic (exact) mass is 276 g/mol. The van der Waals surface area contributed by atoms with E-state index in [2.05, 4.69) is 0 Å². The van der Waals surface area contributed by atoms with E-state index in [0.29, 0.717) is 19.1 Å². The predicted octanol–water partition coefficient (Wildman–Crippen LogP) is 3.85. The third-order valence-corrected chi connectivity index (χ3v) is 4.46. The van der Waals surface area contributed by atoms with Gasteiger partial charge < -0.3 is 14.6 Å². The minimum Gasteiger partial charge on any atom is -0.490 e. The molecule has 1 aromatic carbocycles. The van der Waals surface area contributed by atoms with E-state index >= 15 is 0 Å². The second kappa shape index (κ2) is 6.49. The number of hydrogen-bond acceptors (Lipinski definition) is 3. The lowest BCUT2D eigenvalue weighted by atomic mass is 9.89. The van der Waals surface area contributed by atoms with E-state index in [1.54, 1.807) is 0 Å². The van der Waals surface area contributed by atoms with E-state index in [4.69, 9.17) is 9.47 Å². The Morgan fingerprint density at radius 3 is 2.35 bits per heavy atom. The van der Waals surface area contributed by atoms with Gasteiger partial charge in [-0.1, -0.05) is 31.7 Å². The molecule has 1 unspecified atom stereocenters. The molecule has 1 saturated carbocycles. The second-order valence-electron chi connectivity index (χ2n) is 5.95. The molecule has 3 heteroatoms. The highest BCUT2D eigenvalue weighted by Gasteiger charge is 2.23. The van der Waals surface area contributed by atoms with Crippen LogP contribution in [0.2, 0.25) is 0 Å². The quantitative estimate of drug-likeness (QED) is 0.834. The lowest BCUT2D eigenvalue weighted by Gasteiger charge is -2.22. The highest BCUT2D eigenvalue weighted by atomic mass is 16.5. The van der Waals surface area contributed by atoms with Crippen molar-refractivity contribution in [1.82, 2.24) is 0 Å². The molecule has 110 valence electrons. The molecule has 1 N–H and O–H groups in total. The Bertz CT molecular complexity index is 436. The van der Waals surface area contributed by atoms with Crippen LogP contribution in [0.1, 0.15) is 56.6 Å². The van der Waals surface area contributed by atoms with Crippen LogP contribution >= 0.6 is 0 Å². The Hall–Kier alpha value is -1.22. The Labute approximate surface area is 120 Å². The third kappa shape index (κ3) is 3.09. The first-order valence-corrected chi connectivity index (χ1v) is 7.92. The molecule has 0 saturated heterocycles. The largest absolute Gasteiger partial charge is 0.490 e. The van der Waals surface area contributed by atoms with Crippen LogP contribution in [-0.4, -0.2) is 18.3 Å². The van der Waals surface area contributed by atoms with Gasteiger partial charge in [-0.2, -0.15) is 0 Å². The summed E-state index contributed by atoms with van der Waals surface area (Å²) in [5, 5.41) is 10.6. The van der Waals surface area contributed by atoms with Gasteiger partial charge in [0.15, 0.2) is 11.5 Å². The summed E-state index contributed by atoms with van der Waals surface area (Å²) in [5.74, 6) is 1.98. The van der Waals surface area contributed by atoms with E-state index in [1.165, 1.54) is 25.7 Å². The van der Waals surface area contributed by atoms with Crippen molar-refractivity contribution in [3.05, 3.63) is 23.8 Å². The van der Waals surface area contributed by atoms with Gasteiger partial charge in [0.2, 0.25) is 0 Å². The van der Waals surface area contributed by atoms with E-state index < -0.39 is 0 Å². The SMILES string of the molecule is OC(c1ccc2c(c1)OCCCO2)C1CCCCCC1. The molecular weight excluding hydrogens is 252 g/mol. The highest BCUT2D eigenvalue weighted by Crippen LogP contribution is 2.37. The smallest absolute Gasteiger partial charge is 0.161 e. The molecule has 3 rings (SSSR count). The van der Waals surface area contributed by atoms with Crippen LogP contribution in [0.4, 0.5) is 0 Å². The van der Waals surface area contributed by atoms with Crippen LogP contribution < -0.4 is 9.47 Å². The maximum Gasteiger partial charge on any atom is 0.161 e. The standard InChI is InChI=1S/C17H24O3/c18-17(13-6-3-1-2-4-7-13)14-8-9-15-16(12-14)20-11-5-10-19-15/h8-9,12-13,17-18H,1-7,10-11H2. The van der Waals surface area contributed by atoms with Crippen LogP contribution in [0, 0.1) is 5.92 Å². The number of fused-ring (bicyclic) bond motifs is 1. The van der Waals surface area contributed by atoms with Crippen molar-refractivity contribution in [1.29, 1.82) is 0 Å². The van der Waals surface area contributed by atoms with E-state index in [1.807, 2.05) is 18.2 Å². The fourth-order valence-electron chi connectivity index (χ4n) is 3.26. The fraction of sp³-hybridized carbons (Fsp3) is 0.647. The van der Waals surface area contributed by atoms with Crippen molar-refractivity contribution < 1.29 is 14.6 Å². The number of benzene rings is 1. The minimum atomic E-state index is -0.370. The maximum absolute atomic E-state index is 10.6. The molecule has 0 bridgehead atoms. The number of aliphatic hydroxyl groups excluding tert-OH is 1. The maximum atomic E-state index is 10.6. The minimum absolute atomic E-state index is 0.370. The summed E-state index contributed by atoms with van der Waals surface area (Å²) in [6.45, 7) is 1.40. The second-order valence-corrected chi connectivity index (χ2v) is 5.95. The molecule has 2 aliphatic rings. The van der Waals surface area contributed by atoms with Gasteiger partial charge in [0.05, 0.1) is 19.3 Å². The zero-order chi connectivity index (χ0) is 13.8. The molecule has 1 fully saturated rings. The average molecular weight is 276 g/mol. The summed E-state index contributed by atoms with van der Waals surface area (Å²) in [6, 6.07) is 5.90. The summed E-state index contributed by atoms with van der Waals surface area (Å²) in [6.07, 6.45) is 7.92. The van der Waals surface area contributed by atoms with Gasteiger partial charge in [-0.25, -0.2) is 0 Å². The number of aliphatic hydroxyl groups is 1. The predicted molar refractivity (Wildman–Crippen MR) is 78.2 cm³/mol. The zero-order valence-electron chi connectivity index (χ0n) is 12.0. The van der Waals surface area contributed by atoms with Crippen LogP contribution in [-0.2, 0) is 0 Å². The Morgan fingerprint density at radius 1 is 0.900 bits per heavy atom. The van der Waals surface area contributed by atoms with Crippen molar-refractivity contribution in [2.75, 3.05) is 13.2 Å². The molecule has 3 nitrogen and oxygen atoms in total. The van der Waals surface area contributed by atoms with Crippen molar-refractivity contribution in [3.63, 3.8) is 0 Å². The topological polar surface area (TPSA) is 38.7 Å². The number of ether oxygens (including phenoxy) is 2. The molecule has 0 amide bonds. The third-order valence-electron chi connectivity index (χ3n) is 4.46. The lowest BCUT2D eigenvalue weighted by molar-refractivity contribution is 0.0984. The fourth-order valence-corrected chi connectivity index (χ4v) is 3.26. The van der Waals surface area contributed by atoms with Crippen molar-refractivity contribution >= 4 is 0 Å². The molecule has 0 spiro atoms. The van der Waals surface area contributed by atoms with Crippen LogP contribution in [0.5, 0.6) is 11.5 Å². The number of rotatable bonds is 2. The van der Waals surface area contributed by atoms with Crippen molar-refractivity contribution in [3.8, 4) is 11.5 Å². The van der Waals surface area contributed by atoms with Gasteiger partial charge in [0.1, 0.15) is 0 Å². The Balaban J connectivity index is 1.77. The molecular formula is C17H24O3. The summed E-state index contributed by atoms with van der Waals surface area (Å²) in [5.41, 5.74) is 0.973. The van der Waals surface area contributed by atoms with Gasteiger partial charge in [-0.05, 0) is 36.5 Å². The summed E-state index contributed by atoms with van der Waals surface area (Å²) < 4.78 is 11.4. The first kappa shape index (κ1) is 13.7.